The zero-order valence-electron chi connectivity index (χ0n) is 8.73. The Morgan fingerprint density at radius 1 is 1.12 bits per heavy atom. The molecule has 0 saturated carbocycles. The number of hydrogen-bond acceptors (Lipinski definition) is 1. The maximum Gasteiger partial charge on any atom is 0.126 e. The fourth-order valence-electron chi connectivity index (χ4n) is 1.45. The highest BCUT2D eigenvalue weighted by Gasteiger charge is 2.01. The summed E-state index contributed by atoms with van der Waals surface area (Å²) in [5.41, 5.74) is 2.39. The highest BCUT2D eigenvalue weighted by atomic mass is 19.1. The molecule has 0 unspecified atom stereocenters. The van der Waals surface area contributed by atoms with Crippen LogP contribution in [0, 0.1) is 6.92 Å². The van der Waals surface area contributed by atoms with Gasteiger partial charge in [0.15, 0.2) is 0 Å². The van der Waals surface area contributed by atoms with Crippen molar-refractivity contribution in [2.24, 2.45) is 0 Å². The number of benzene rings is 1. The lowest BCUT2D eigenvalue weighted by Crippen LogP contribution is -1.83. The van der Waals surface area contributed by atoms with Gasteiger partial charge >= 0.3 is 0 Å². The van der Waals surface area contributed by atoms with E-state index in [9.17, 15) is 4.39 Å². The van der Waals surface area contributed by atoms with Crippen LogP contribution >= 0.6 is 0 Å². The van der Waals surface area contributed by atoms with Gasteiger partial charge in [0.2, 0.25) is 0 Å². The molecule has 0 amide bonds. The van der Waals surface area contributed by atoms with Crippen LogP contribution in [0.25, 0.3) is 17.1 Å². The first-order chi connectivity index (χ1) is 7.81. The van der Waals surface area contributed by atoms with Gasteiger partial charge in [0.1, 0.15) is 5.83 Å². The van der Waals surface area contributed by atoms with Gasteiger partial charge in [-0.15, -0.1) is 0 Å². The minimum absolute atomic E-state index is 0.312. The summed E-state index contributed by atoms with van der Waals surface area (Å²) in [6, 6.07) is 12.8. The van der Waals surface area contributed by atoms with Gasteiger partial charge in [0, 0.05) is 17.3 Å². The van der Waals surface area contributed by atoms with E-state index in [1.54, 1.807) is 18.3 Å². The molecule has 1 radical (unpaired) electrons. The van der Waals surface area contributed by atoms with Gasteiger partial charge in [0.05, 0.1) is 5.69 Å². The second-order valence-electron chi connectivity index (χ2n) is 3.34. The number of rotatable bonds is 2. The minimum Gasteiger partial charge on any atom is -0.256 e. The number of halogens is 1. The van der Waals surface area contributed by atoms with E-state index in [2.05, 4.69) is 11.9 Å². The maximum absolute atomic E-state index is 13.2. The SMILES string of the molecule is [CH2]/C=C(/F)c1ccc(-c2ccccn2)cc1. The van der Waals surface area contributed by atoms with Crippen LogP contribution in [0.5, 0.6) is 0 Å². The fraction of sp³-hybridized carbons (Fsp3) is 0. The van der Waals surface area contributed by atoms with Crippen LogP contribution in [-0.4, -0.2) is 4.98 Å². The second kappa shape index (κ2) is 4.71. The van der Waals surface area contributed by atoms with E-state index in [1.807, 2.05) is 30.3 Å². The molecule has 2 aromatic rings. The molecule has 16 heavy (non-hydrogen) atoms. The molecule has 1 nitrogen and oxygen atoms in total. The molecule has 0 spiro atoms. The Bertz CT molecular complexity index is 486. The highest BCUT2D eigenvalue weighted by molar-refractivity contribution is 5.65. The third-order valence-corrected chi connectivity index (χ3v) is 2.30. The molecule has 0 N–H and O–H groups in total. The van der Waals surface area contributed by atoms with E-state index in [1.165, 1.54) is 6.08 Å². The normalized spacial score (nSPS) is 11.5. The van der Waals surface area contributed by atoms with Gasteiger partial charge in [-0.3, -0.25) is 4.98 Å². The van der Waals surface area contributed by atoms with Crippen molar-refractivity contribution in [1.82, 2.24) is 4.98 Å². The smallest absolute Gasteiger partial charge is 0.126 e. The molecule has 1 aromatic heterocycles. The van der Waals surface area contributed by atoms with Crippen molar-refractivity contribution in [1.29, 1.82) is 0 Å². The Morgan fingerprint density at radius 3 is 2.44 bits per heavy atom. The van der Waals surface area contributed by atoms with Crippen LogP contribution < -0.4 is 0 Å². The molecule has 2 rings (SSSR count). The molecule has 0 fully saturated rings. The number of nitrogens with zero attached hydrogens (tertiary/aromatic N) is 1. The fourth-order valence-corrected chi connectivity index (χ4v) is 1.45. The summed E-state index contributed by atoms with van der Waals surface area (Å²) in [5, 5.41) is 0. The third kappa shape index (κ3) is 2.16. The average Bonchev–Trinajstić information content (AvgIpc) is 2.39. The molecule has 1 aromatic carbocycles. The van der Waals surface area contributed by atoms with Crippen LogP contribution in [0.2, 0.25) is 0 Å². The molecule has 2 heteroatoms. The summed E-state index contributed by atoms with van der Waals surface area (Å²) in [6.45, 7) is 3.39. The second-order valence-corrected chi connectivity index (χ2v) is 3.34. The lowest BCUT2D eigenvalue weighted by Gasteiger charge is -2.01. The monoisotopic (exact) mass is 212 g/mol. The van der Waals surface area contributed by atoms with Gasteiger partial charge in [-0.05, 0) is 25.1 Å². The summed E-state index contributed by atoms with van der Waals surface area (Å²) in [6.07, 6.45) is 2.94. The number of pyridine rings is 1. The Morgan fingerprint density at radius 2 is 1.88 bits per heavy atom. The molecule has 0 saturated heterocycles. The number of aromatic nitrogens is 1. The van der Waals surface area contributed by atoms with Gasteiger partial charge < -0.3 is 0 Å². The maximum atomic E-state index is 13.2. The molecule has 0 aliphatic carbocycles. The van der Waals surface area contributed by atoms with E-state index in [0.717, 1.165) is 11.3 Å². The number of hydrogen-bond donors (Lipinski definition) is 0. The Labute approximate surface area is 94.3 Å². The quantitative estimate of drug-likeness (QED) is 0.735. The molecule has 0 aliphatic heterocycles. The van der Waals surface area contributed by atoms with E-state index >= 15 is 0 Å². The van der Waals surface area contributed by atoms with Gasteiger partial charge in [-0.2, -0.15) is 0 Å². The third-order valence-electron chi connectivity index (χ3n) is 2.30. The van der Waals surface area contributed by atoms with Crippen LogP contribution in [0.15, 0.2) is 54.7 Å². The summed E-state index contributed by atoms with van der Waals surface area (Å²) in [7, 11) is 0. The standard InChI is InChI=1S/C14H11FN/c1-2-13(15)11-6-8-12(9-7-11)14-5-3-4-10-16-14/h2-10H,1H2/b13-2+. The van der Waals surface area contributed by atoms with Crippen LogP contribution in [0.4, 0.5) is 4.39 Å². The topological polar surface area (TPSA) is 12.9 Å². The van der Waals surface area contributed by atoms with E-state index in [4.69, 9.17) is 0 Å². The molecular formula is C14H11FN. The van der Waals surface area contributed by atoms with Crippen molar-refractivity contribution in [3.8, 4) is 11.3 Å². The zero-order valence-corrected chi connectivity index (χ0v) is 8.73. The van der Waals surface area contributed by atoms with Crippen molar-refractivity contribution in [2.75, 3.05) is 0 Å². The number of allylic oxidation sites excluding steroid dienone is 1. The predicted molar refractivity (Wildman–Crippen MR) is 64.1 cm³/mol. The van der Waals surface area contributed by atoms with Gasteiger partial charge in [-0.1, -0.05) is 30.3 Å². The van der Waals surface area contributed by atoms with Crippen molar-refractivity contribution in [2.45, 2.75) is 0 Å². The summed E-state index contributed by atoms with van der Waals surface area (Å²) >= 11 is 0. The molecule has 0 aliphatic rings. The lowest BCUT2D eigenvalue weighted by atomic mass is 10.1. The Kier molecular flexibility index (Phi) is 3.10. The van der Waals surface area contributed by atoms with Crippen molar-refractivity contribution < 1.29 is 4.39 Å². The summed E-state index contributed by atoms with van der Waals surface area (Å²) in [4.78, 5) is 4.22. The largest absolute Gasteiger partial charge is 0.256 e. The van der Waals surface area contributed by atoms with Crippen molar-refractivity contribution in [3.05, 3.63) is 67.2 Å². The van der Waals surface area contributed by atoms with Gasteiger partial charge in [0.25, 0.3) is 0 Å². The van der Waals surface area contributed by atoms with Crippen LogP contribution in [-0.2, 0) is 0 Å². The van der Waals surface area contributed by atoms with Crippen molar-refractivity contribution >= 4 is 5.83 Å². The molecule has 1 heterocycles. The average molecular weight is 212 g/mol. The lowest BCUT2D eigenvalue weighted by molar-refractivity contribution is 0.760. The van der Waals surface area contributed by atoms with Gasteiger partial charge in [-0.25, -0.2) is 4.39 Å². The first-order valence-corrected chi connectivity index (χ1v) is 4.98. The molecule has 0 atom stereocenters. The van der Waals surface area contributed by atoms with E-state index < -0.39 is 0 Å². The predicted octanol–water partition coefficient (Wildman–Crippen LogP) is 3.89. The summed E-state index contributed by atoms with van der Waals surface area (Å²) < 4.78 is 13.2. The summed E-state index contributed by atoms with van der Waals surface area (Å²) in [5.74, 6) is -0.312. The highest BCUT2D eigenvalue weighted by Crippen LogP contribution is 2.21. The first-order valence-electron chi connectivity index (χ1n) is 4.98. The van der Waals surface area contributed by atoms with E-state index in [-0.39, 0.29) is 5.83 Å². The first kappa shape index (κ1) is 10.6. The van der Waals surface area contributed by atoms with Crippen molar-refractivity contribution in [3.63, 3.8) is 0 Å². The van der Waals surface area contributed by atoms with Crippen LogP contribution in [0.1, 0.15) is 5.56 Å². The zero-order chi connectivity index (χ0) is 11.4. The molecule has 0 bridgehead atoms. The molecule has 79 valence electrons. The minimum atomic E-state index is -0.312. The molecular weight excluding hydrogens is 201 g/mol. The Hall–Kier alpha value is -1.96. The van der Waals surface area contributed by atoms with Crippen LogP contribution in [0.3, 0.4) is 0 Å². The Balaban J connectivity index is 2.34. The van der Waals surface area contributed by atoms with E-state index in [0.29, 0.717) is 5.56 Å².